The summed E-state index contributed by atoms with van der Waals surface area (Å²) in [6.45, 7) is 2.98. The van der Waals surface area contributed by atoms with E-state index < -0.39 is 5.97 Å². The van der Waals surface area contributed by atoms with Gasteiger partial charge in [-0.25, -0.2) is 9.78 Å². The smallest absolute Gasteiger partial charge is 0.355 e. The molecule has 0 aromatic carbocycles. The second kappa shape index (κ2) is 5.92. The van der Waals surface area contributed by atoms with Crippen LogP contribution in [0.5, 0.6) is 0 Å². The summed E-state index contributed by atoms with van der Waals surface area (Å²) in [5.41, 5.74) is 4.51. The molecule has 0 amide bonds. The van der Waals surface area contributed by atoms with Gasteiger partial charge in [-0.1, -0.05) is 0 Å². The van der Waals surface area contributed by atoms with Crippen LogP contribution in [0.4, 0.5) is 5.69 Å². The average molecular weight is 302 g/mol. The standard InChI is InChI=1S/C14H14N4O2S/c1-2-15-9-3-4-16-10(5-9)7-20-14(19)11-6-12-13(18-11)17-8-21-12/h3-6,8,18H,2,7H2,1H3,(H,15,16). The molecule has 0 fully saturated rings. The van der Waals surface area contributed by atoms with Crippen LogP contribution < -0.4 is 5.32 Å². The van der Waals surface area contributed by atoms with E-state index in [1.807, 2.05) is 19.1 Å². The van der Waals surface area contributed by atoms with Crippen LogP contribution in [0.3, 0.4) is 0 Å². The summed E-state index contributed by atoms with van der Waals surface area (Å²) in [4.78, 5) is 23.2. The lowest BCUT2D eigenvalue weighted by Gasteiger charge is -2.06. The molecule has 0 saturated heterocycles. The minimum Gasteiger partial charge on any atom is -0.455 e. The minimum absolute atomic E-state index is 0.137. The van der Waals surface area contributed by atoms with Crippen molar-refractivity contribution in [1.82, 2.24) is 15.0 Å². The summed E-state index contributed by atoms with van der Waals surface area (Å²) >= 11 is 1.48. The maximum absolute atomic E-state index is 12.0. The van der Waals surface area contributed by atoms with Crippen LogP contribution in [0.2, 0.25) is 0 Å². The maximum atomic E-state index is 12.0. The molecule has 3 rings (SSSR count). The van der Waals surface area contributed by atoms with Gasteiger partial charge in [-0.05, 0) is 25.1 Å². The van der Waals surface area contributed by atoms with Gasteiger partial charge in [0.05, 0.1) is 15.9 Å². The van der Waals surface area contributed by atoms with Crippen LogP contribution in [0.15, 0.2) is 29.9 Å². The quantitative estimate of drug-likeness (QED) is 0.708. The number of aromatic nitrogens is 3. The number of esters is 1. The van der Waals surface area contributed by atoms with Crippen molar-refractivity contribution in [2.45, 2.75) is 13.5 Å². The summed E-state index contributed by atoms with van der Waals surface area (Å²) in [6.07, 6.45) is 1.69. The Morgan fingerprint density at radius 1 is 1.43 bits per heavy atom. The molecule has 108 valence electrons. The molecule has 0 bridgehead atoms. The van der Waals surface area contributed by atoms with Gasteiger partial charge in [0.2, 0.25) is 0 Å². The number of rotatable bonds is 5. The Hall–Kier alpha value is -2.41. The number of hydrogen-bond donors (Lipinski definition) is 2. The zero-order valence-electron chi connectivity index (χ0n) is 11.4. The molecule has 0 aliphatic rings. The number of carbonyl (C=O) groups is 1. The van der Waals surface area contributed by atoms with E-state index in [9.17, 15) is 4.79 Å². The van der Waals surface area contributed by atoms with Gasteiger partial charge in [0.1, 0.15) is 17.9 Å². The second-order valence-electron chi connectivity index (χ2n) is 4.39. The van der Waals surface area contributed by atoms with Crippen molar-refractivity contribution in [3.8, 4) is 0 Å². The molecule has 0 unspecified atom stereocenters. The molecule has 7 heteroatoms. The van der Waals surface area contributed by atoms with E-state index >= 15 is 0 Å². The summed E-state index contributed by atoms with van der Waals surface area (Å²) in [7, 11) is 0. The summed E-state index contributed by atoms with van der Waals surface area (Å²) < 4.78 is 6.20. The highest BCUT2D eigenvalue weighted by molar-refractivity contribution is 7.16. The van der Waals surface area contributed by atoms with E-state index in [-0.39, 0.29) is 6.61 Å². The molecule has 0 saturated carbocycles. The number of hydrogen-bond acceptors (Lipinski definition) is 6. The fourth-order valence-corrected chi connectivity index (χ4v) is 2.62. The van der Waals surface area contributed by atoms with Crippen LogP contribution in [0, 0.1) is 0 Å². The molecule has 6 nitrogen and oxygen atoms in total. The number of H-pyrrole nitrogens is 1. The molecule has 0 radical (unpaired) electrons. The van der Waals surface area contributed by atoms with Gasteiger partial charge in [-0.3, -0.25) is 4.98 Å². The SMILES string of the molecule is CCNc1ccnc(COC(=O)c2cc3scnc3[nH]2)c1. The molecular weight excluding hydrogens is 288 g/mol. The van der Waals surface area contributed by atoms with Crippen LogP contribution in [0.25, 0.3) is 10.3 Å². The van der Waals surface area contributed by atoms with E-state index in [0.717, 1.165) is 16.9 Å². The summed E-state index contributed by atoms with van der Waals surface area (Å²) in [5.74, 6) is -0.407. The topological polar surface area (TPSA) is 79.9 Å². The molecule has 0 atom stereocenters. The van der Waals surface area contributed by atoms with Crippen molar-refractivity contribution in [3.05, 3.63) is 41.3 Å². The molecule has 21 heavy (non-hydrogen) atoms. The molecule has 0 spiro atoms. The van der Waals surface area contributed by atoms with Crippen molar-refractivity contribution in [2.75, 3.05) is 11.9 Å². The van der Waals surface area contributed by atoms with E-state index in [2.05, 4.69) is 20.3 Å². The maximum Gasteiger partial charge on any atom is 0.355 e. The van der Waals surface area contributed by atoms with E-state index in [1.54, 1.807) is 17.8 Å². The highest BCUT2D eigenvalue weighted by atomic mass is 32.1. The first-order valence-electron chi connectivity index (χ1n) is 6.54. The lowest BCUT2D eigenvalue weighted by molar-refractivity contribution is 0.0462. The average Bonchev–Trinajstić information content (AvgIpc) is 3.07. The number of carbonyl (C=O) groups excluding carboxylic acids is 1. The van der Waals surface area contributed by atoms with Crippen LogP contribution in [0.1, 0.15) is 23.1 Å². The van der Waals surface area contributed by atoms with Crippen molar-refractivity contribution < 1.29 is 9.53 Å². The summed E-state index contributed by atoms with van der Waals surface area (Å²) in [5, 5.41) is 3.19. The molecule has 3 heterocycles. The Bertz CT molecular complexity index is 737. The Labute approximate surface area is 125 Å². The van der Waals surface area contributed by atoms with E-state index in [1.165, 1.54) is 11.3 Å². The molecule has 3 aromatic rings. The van der Waals surface area contributed by atoms with Crippen molar-refractivity contribution >= 4 is 33.3 Å². The largest absolute Gasteiger partial charge is 0.455 e. The Morgan fingerprint density at radius 2 is 2.33 bits per heavy atom. The third-order valence-electron chi connectivity index (χ3n) is 2.89. The molecular formula is C14H14N4O2S. The Balaban J connectivity index is 1.65. The predicted octanol–water partition coefficient (Wildman–Crippen LogP) is 2.81. The number of fused-ring (bicyclic) bond motifs is 1. The van der Waals surface area contributed by atoms with Crippen LogP contribution in [-0.4, -0.2) is 27.5 Å². The van der Waals surface area contributed by atoms with Gasteiger partial charge in [-0.2, -0.15) is 0 Å². The number of pyridine rings is 1. The third kappa shape index (κ3) is 3.03. The van der Waals surface area contributed by atoms with E-state index in [0.29, 0.717) is 17.0 Å². The number of anilines is 1. The number of nitrogens with zero attached hydrogens (tertiary/aromatic N) is 2. The first kappa shape index (κ1) is 13.6. The monoisotopic (exact) mass is 302 g/mol. The number of thiazole rings is 1. The van der Waals surface area contributed by atoms with Gasteiger partial charge < -0.3 is 15.0 Å². The predicted molar refractivity (Wildman–Crippen MR) is 81.5 cm³/mol. The first-order valence-corrected chi connectivity index (χ1v) is 7.42. The van der Waals surface area contributed by atoms with Crippen molar-refractivity contribution in [3.63, 3.8) is 0 Å². The highest BCUT2D eigenvalue weighted by Gasteiger charge is 2.12. The first-order chi connectivity index (χ1) is 10.3. The van der Waals surface area contributed by atoms with Gasteiger partial charge in [-0.15, -0.1) is 11.3 Å². The third-order valence-corrected chi connectivity index (χ3v) is 3.67. The zero-order chi connectivity index (χ0) is 14.7. The molecule has 0 aliphatic carbocycles. The fraction of sp³-hybridized carbons (Fsp3) is 0.214. The second-order valence-corrected chi connectivity index (χ2v) is 5.28. The van der Waals surface area contributed by atoms with Gasteiger partial charge >= 0.3 is 5.97 Å². The van der Waals surface area contributed by atoms with Gasteiger partial charge in [0, 0.05) is 18.4 Å². The zero-order valence-corrected chi connectivity index (χ0v) is 12.2. The van der Waals surface area contributed by atoms with Crippen molar-refractivity contribution in [1.29, 1.82) is 0 Å². The number of ether oxygens (including phenoxy) is 1. The number of aromatic amines is 1. The molecule has 3 aromatic heterocycles. The molecule has 0 aliphatic heterocycles. The van der Waals surface area contributed by atoms with Crippen LogP contribution in [-0.2, 0) is 11.3 Å². The van der Waals surface area contributed by atoms with Crippen molar-refractivity contribution in [2.24, 2.45) is 0 Å². The lowest BCUT2D eigenvalue weighted by Crippen LogP contribution is -2.07. The lowest BCUT2D eigenvalue weighted by atomic mass is 10.3. The number of nitrogens with one attached hydrogen (secondary N) is 2. The van der Waals surface area contributed by atoms with E-state index in [4.69, 9.17) is 4.74 Å². The van der Waals surface area contributed by atoms with Gasteiger partial charge in [0.15, 0.2) is 0 Å². The van der Waals surface area contributed by atoms with Crippen LogP contribution >= 0.6 is 11.3 Å². The Kier molecular flexibility index (Phi) is 3.83. The highest BCUT2D eigenvalue weighted by Crippen LogP contribution is 2.19. The fourth-order valence-electron chi connectivity index (χ4n) is 1.94. The Morgan fingerprint density at radius 3 is 3.14 bits per heavy atom. The molecule has 2 N–H and O–H groups in total. The van der Waals surface area contributed by atoms with Gasteiger partial charge in [0.25, 0.3) is 0 Å². The summed E-state index contributed by atoms with van der Waals surface area (Å²) in [6, 6.07) is 5.49. The normalized spacial score (nSPS) is 10.7. The minimum atomic E-state index is -0.407.